The van der Waals surface area contributed by atoms with Crippen molar-refractivity contribution >= 4 is 18.2 Å². The topological polar surface area (TPSA) is 89.9 Å². The summed E-state index contributed by atoms with van der Waals surface area (Å²) >= 11 is 0. The summed E-state index contributed by atoms with van der Waals surface area (Å²) in [6.45, 7) is 6.09. The highest BCUT2D eigenvalue weighted by Gasteiger charge is 2.69. The fourth-order valence-corrected chi connectivity index (χ4v) is 5.36. The molecular weight excluding hydrogens is 348 g/mol. The third kappa shape index (κ3) is 2.96. The van der Waals surface area contributed by atoms with Crippen molar-refractivity contribution in [3.05, 3.63) is 36.0 Å². The highest BCUT2D eigenvalue weighted by molar-refractivity contribution is 5.88. The van der Waals surface area contributed by atoms with Gasteiger partial charge in [0.15, 0.2) is 5.60 Å². The van der Waals surface area contributed by atoms with Crippen molar-refractivity contribution in [2.75, 3.05) is 6.61 Å². The summed E-state index contributed by atoms with van der Waals surface area (Å²) in [5, 5.41) is 11.4. The lowest BCUT2D eigenvalue weighted by molar-refractivity contribution is -0.194. The fourth-order valence-electron chi connectivity index (χ4n) is 5.36. The summed E-state index contributed by atoms with van der Waals surface area (Å²) in [4.78, 5) is 35.0. The summed E-state index contributed by atoms with van der Waals surface area (Å²) < 4.78 is 10.9. The number of allylic oxidation sites excluding steroid dienone is 3. The van der Waals surface area contributed by atoms with Gasteiger partial charge in [0.2, 0.25) is 0 Å². The Hall–Kier alpha value is -2.21. The first-order valence-corrected chi connectivity index (χ1v) is 9.27. The maximum Gasteiger partial charge on any atom is 0.343 e. The number of hydrogen-bond acceptors (Lipinski definition) is 6. The van der Waals surface area contributed by atoms with Gasteiger partial charge in [0.1, 0.15) is 19.0 Å². The monoisotopic (exact) mass is 374 g/mol. The predicted octanol–water partition coefficient (Wildman–Crippen LogP) is 2.27. The lowest BCUT2D eigenvalue weighted by Crippen LogP contribution is -2.65. The molecule has 3 rings (SSSR count). The van der Waals surface area contributed by atoms with Gasteiger partial charge in [-0.1, -0.05) is 39.3 Å². The number of ether oxygens (including phenoxy) is 2. The zero-order chi connectivity index (χ0) is 19.9. The molecule has 0 aromatic rings. The average molecular weight is 374 g/mol. The van der Waals surface area contributed by atoms with Crippen LogP contribution in [0.25, 0.3) is 0 Å². The van der Waals surface area contributed by atoms with Crippen molar-refractivity contribution in [3.8, 4) is 0 Å². The summed E-state index contributed by atoms with van der Waals surface area (Å²) in [7, 11) is 0. The summed E-state index contributed by atoms with van der Waals surface area (Å²) in [5.74, 6) is -1.38. The molecule has 27 heavy (non-hydrogen) atoms. The summed E-state index contributed by atoms with van der Waals surface area (Å²) in [5.41, 5.74) is -2.20. The molecule has 1 aliphatic heterocycles. The Morgan fingerprint density at radius 1 is 1.26 bits per heavy atom. The minimum atomic E-state index is -1.67. The molecule has 6 nitrogen and oxygen atoms in total. The predicted molar refractivity (Wildman–Crippen MR) is 97.4 cm³/mol. The van der Waals surface area contributed by atoms with Gasteiger partial charge in [-0.25, -0.2) is 9.59 Å². The van der Waals surface area contributed by atoms with Gasteiger partial charge >= 0.3 is 11.9 Å². The molecule has 0 unspecified atom stereocenters. The molecule has 0 amide bonds. The van der Waals surface area contributed by atoms with E-state index in [-0.39, 0.29) is 17.9 Å². The van der Waals surface area contributed by atoms with Crippen molar-refractivity contribution in [3.63, 3.8) is 0 Å². The van der Waals surface area contributed by atoms with Crippen molar-refractivity contribution < 1.29 is 29.0 Å². The largest absolute Gasteiger partial charge is 0.459 e. The van der Waals surface area contributed by atoms with E-state index < -0.39 is 29.1 Å². The van der Waals surface area contributed by atoms with Crippen LogP contribution < -0.4 is 0 Å². The Labute approximate surface area is 158 Å². The van der Waals surface area contributed by atoms with E-state index in [1.807, 2.05) is 6.92 Å². The molecule has 0 bridgehead atoms. The van der Waals surface area contributed by atoms with E-state index in [1.54, 1.807) is 6.08 Å². The van der Waals surface area contributed by atoms with Crippen LogP contribution in [0.4, 0.5) is 0 Å². The van der Waals surface area contributed by atoms with E-state index in [4.69, 9.17) is 9.47 Å². The van der Waals surface area contributed by atoms with Crippen LogP contribution in [-0.4, -0.2) is 41.6 Å². The first-order chi connectivity index (χ1) is 12.7. The molecule has 1 saturated heterocycles. The lowest BCUT2D eigenvalue weighted by atomic mass is 9.46. The number of hydrogen-bond donors (Lipinski definition) is 1. The van der Waals surface area contributed by atoms with Crippen LogP contribution in [0, 0.1) is 16.7 Å². The molecule has 0 aromatic heterocycles. The normalized spacial score (nSPS) is 37.5. The van der Waals surface area contributed by atoms with Crippen LogP contribution in [0.3, 0.4) is 0 Å². The Morgan fingerprint density at radius 2 is 2.00 bits per heavy atom. The van der Waals surface area contributed by atoms with Crippen molar-refractivity contribution in [2.24, 2.45) is 16.7 Å². The maximum atomic E-state index is 12.5. The van der Waals surface area contributed by atoms with Gasteiger partial charge in [-0.15, -0.1) is 0 Å². The fraction of sp³-hybridized carbons (Fsp3) is 0.571. The third-order valence-electron chi connectivity index (χ3n) is 6.47. The standard InChI is InChI=1S/C21H26O6/c1-19(2)9-7-10-20(3)17(19)15(27-16(23)8-5-4-6-11-22)12-14-13-26-18(24)21(14,20)25/h4-6,8,11-12,15,17,25H,7,9-10,13H2,1-3H3/b6-4+,8-5+/t15-,17-,20+,21+/m1/s1. The Balaban J connectivity index is 1.98. The van der Waals surface area contributed by atoms with Crippen molar-refractivity contribution in [1.82, 2.24) is 0 Å². The number of fused-ring (bicyclic) bond motifs is 3. The van der Waals surface area contributed by atoms with Gasteiger partial charge in [-0.3, -0.25) is 4.79 Å². The van der Waals surface area contributed by atoms with Crippen LogP contribution in [0.5, 0.6) is 0 Å². The number of rotatable bonds is 4. The van der Waals surface area contributed by atoms with Crippen LogP contribution >= 0.6 is 0 Å². The van der Waals surface area contributed by atoms with E-state index >= 15 is 0 Å². The SMILES string of the molecule is CC1(C)CCC[C@@]2(C)[C@@H]1[C@H](OC(=O)/C=C/C=C/C=O)C=C1COC(=O)[C@@]12O. The second-order valence-electron chi connectivity index (χ2n) is 8.50. The second kappa shape index (κ2) is 6.75. The molecule has 3 aliphatic rings. The minimum Gasteiger partial charge on any atom is -0.459 e. The van der Waals surface area contributed by atoms with E-state index in [1.165, 1.54) is 24.3 Å². The third-order valence-corrected chi connectivity index (χ3v) is 6.47. The summed E-state index contributed by atoms with van der Waals surface area (Å²) in [6, 6.07) is 0. The summed E-state index contributed by atoms with van der Waals surface area (Å²) in [6.07, 6.45) is 9.59. The number of esters is 2. The quantitative estimate of drug-likeness (QED) is 0.267. The molecule has 146 valence electrons. The molecule has 0 spiro atoms. The van der Waals surface area contributed by atoms with E-state index in [9.17, 15) is 19.5 Å². The molecule has 1 heterocycles. The zero-order valence-electron chi connectivity index (χ0n) is 15.9. The van der Waals surface area contributed by atoms with Crippen LogP contribution in [0.2, 0.25) is 0 Å². The van der Waals surface area contributed by atoms with Gasteiger partial charge in [-0.2, -0.15) is 0 Å². The van der Waals surface area contributed by atoms with E-state index in [0.29, 0.717) is 18.3 Å². The van der Waals surface area contributed by atoms with Gasteiger partial charge in [-0.05, 0) is 30.4 Å². The van der Waals surface area contributed by atoms with Gasteiger partial charge < -0.3 is 14.6 Å². The molecule has 6 heteroatoms. The Kier molecular flexibility index (Phi) is 4.89. The smallest absolute Gasteiger partial charge is 0.343 e. The van der Waals surface area contributed by atoms with Gasteiger partial charge in [0.25, 0.3) is 0 Å². The first kappa shape index (κ1) is 19.5. The Bertz CT molecular complexity index is 746. The molecular formula is C21H26O6. The number of cyclic esters (lactones) is 1. The van der Waals surface area contributed by atoms with Crippen LogP contribution in [-0.2, 0) is 23.9 Å². The number of aliphatic hydroxyl groups is 1. The molecule has 1 N–H and O–H groups in total. The maximum absolute atomic E-state index is 12.5. The minimum absolute atomic E-state index is 0.0179. The van der Waals surface area contributed by atoms with Crippen molar-refractivity contribution in [2.45, 2.75) is 51.7 Å². The van der Waals surface area contributed by atoms with Gasteiger partial charge in [0.05, 0.1) is 0 Å². The van der Waals surface area contributed by atoms with Gasteiger partial charge in [0, 0.05) is 23.0 Å². The lowest BCUT2D eigenvalue weighted by Gasteiger charge is -2.59. The zero-order valence-corrected chi connectivity index (χ0v) is 15.9. The second-order valence-corrected chi connectivity index (χ2v) is 8.50. The number of carbonyl (C=O) groups excluding carboxylic acids is 3. The molecule has 4 atom stereocenters. The molecule has 1 saturated carbocycles. The highest BCUT2D eigenvalue weighted by Crippen LogP contribution is 2.63. The number of carbonyl (C=O) groups is 3. The van der Waals surface area contributed by atoms with E-state index in [2.05, 4.69) is 13.8 Å². The van der Waals surface area contributed by atoms with E-state index in [0.717, 1.165) is 12.8 Å². The number of aldehydes is 1. The first-order valence-electron chi connectivity index (χ1n) is 9.27. The van der Waals surface area contributed by atoms with Crippen molar-refractivity contribution in [1.29, 1.82) is 0 Å². The molecule has 2 aliphatic carbocycles. The van der Waals surface area contributed by atoms with Crippen LogP contribution in [0.15, 0.2) is 36.0 Å². The molecule has 0 aromatic carbocycles. The average Bonchev–Trinajstić information content (AvgIpc) is 2.88. The highest BCUT2D eigenvalue weighted by atomic mass is 16.6. The van der Waals surface area contributed by atoms with Crippen LogP contribution in [0.1, 0.15) is 40.0 Å². The molecule has 2 fully saturated rings. The molecule has 0 radical (unpaired) electrons. The Morgan fingerprint density at radius 3 is 2.70 bits per heavy atom.